The first kappa shape index (κ1) is 14.4. The van der Waals surface area contributed by atoms with E-state index < -0.39 is 27.3 Å². The summed E-state index contributed by atoms with van der Waals surface area (Å²) < 4.78 is 61.8. The van der Waals surface area contributed by atoms with Crippen molar-refractivity contribution in [2.45, 2.75) is 18.3 Å². The number of pyridine rings is 1. The molecule has 0 aliphatic rings. The Morgan fingerprint density at radius 3 is 2.41 bits per heavy atom. The molecule has 0 radical (unpaired) electrons. The Bertz CT molecular complexity index is 544. The maximum Gasteiger partial charge on any atom is 0.574 e. The molecule has 96 valence electrons. The minimum Gasteiger partial charge on any atom is -0.388 e. The van der Waals surface area contributed by atoms with Gasteiger partial charge in [0.1, 0.15) is 0 Å². The summed E-state index contributed by atoms with van der Waals surface area (Å²) in [6.45, 7) is 1.42. The summed E-state index contributed by atoms with van der Waals surface area (Å²) in [5.41, 5.74) is 0.267. The Labute approximate surface area is 108 Å². The molecule has 1 aromatic heterocycles. The lowest BCUT2D eigenvalue weighted by Gasteiger charge is -2.11. The SMILES string of the molecule is Cc1cc(OC(F)(F)F)nc(S(N)(=O)=O)c1I. The molecule has 2 N–H and O–H groups in total. The number of ether oxygens (including phenoxy) is 1. The van der Waals surface area contributed by atoms with Gasteiger partial charge < -0.3 is 4.74 Å². The maximum atomic E-state index is 12.0. The van der Waals surface area contributed by atoms with E-state index in [-0.39, 0.29) is 9.13 Å². The number of primary sulfonamides is 1. The van der Waals surface area contributed by atoms with Crippen LogP contribution in [0.1, 0.15) is 5.56 Å². The number of halogens is 4. The van der Waals surface area contributed by atoms with Gasteiger partial charge in [0, 0.05) is 6.07 Å². The van der Waals surface area contributed by atoms with E-state index in [1.165, 1.54) is 6.92 Å². The second-order valence-corrected chi connectivity index (χ2v) is 5.54. The van der Waals surface area contributed by atoms with E-state index in [2.05, 4.69) is 9.72 Å². The van der Waals surface area contributed by atoms with Gasteiger partial charge in [0.05, 0.1) is 3.57 Å². The summed E-state index contributed by atoms with van der Waals surface area (Å²) in [6, 6.07) is 0.976. The number of rotatable bonds is 2. The molecule has 0 aliphatic heterocycles. The second-order valence-electron chi connectivity index (χ2n) is 2.99. The van der Waals surface area contributed by atoms with Crippen molar-refractivity contribution in [3.8, 4) is 5.88 Å². The van der Waals surface area contributed by atoms with Crippen LogP contribution >= 0.6 is 22.6 Å². The van der Waals surface area contributed by atoms with Crippen LogP contribution < -0.4 is 9.88 Å². The second kappa shape index (κ2) is 4.57. The van der Waals surface area contributed by atoms with Crippen LogP contribution in [0, 0.1) is 10.5 Å². The van der Waals surface area contributed by atoms with Crippen molar-refractivity contribution in [1.29, 1.82) is 0 Å². The zero-order valence-electron chi connectivity index (χ0n) is 8.25. The molecule has 0 aliphatic carbocycles. The van der Waals surface area contributed by atoms with Crippen LogP contribution in [0.2, 0.25) is 0 Å². The van der Waals surface area contributed by atoms with Crippen molar-refractivity contribution >= 4 is 32.6 Å². The fraction of sp³-hybridized carbons (Fsp3) is 0.286. The highest BCUT2D eigenvalue weighted by Gasteiger charge is 2.32. The molecule has 0 amide bonds. The summed E-state index contributed by atoms with van der Waals surface area (Å²) in [5, 5.41) is 4.19. The molecule has 17 heavy (non-hydrogen) atoms. The number of alkyl halides is 3. The molecule has 5 nitrogen and oxygen atoms in total. The van der Waals surface area contributed by atoms with E-state index in [1.54, 1.807) is 22.6 Å². The third-order valence-corrected chi connectivity index (χ3v) is 4.14. The van der Waals surface area contributed by atoms with Crippen LogP contribution in [-0.4, -0.2) is 19.8 Å². The summed E-state index contributed by atoms with van der Waals surface area (Å²) in [6.07, 6.45) is -4.94. The van der Waals surface area contributed by atoms with E-state index in [9.17, 15) is 21.6 Å². The lowest BCUT2D eigenvalue weighted by molar-refractivity contribution is -0.276. The van der Waals surface area contributed by atoms with Gasteiger partial charge in [-0.1, -0.05) is 0 Å². The minimum atomic E-state index is -4.94. The lowest BCUT2D eigenvalue weighted by Crippen LogP contribution is -2.21. The quantitative estimate of drug-likeness (QED) is 0.787. The standard InChI is InChI=1S/C7H6F3IN2O3S/c1-3-2-4(16-7(8,9)10)13-6(5(3)11)17(12,14)15/h2H,1H3,(H2,12,14,15). The summed E-state index contributed by atoms with van der Waals surface area (Å²) >= 11 is 1.63. The molecule has 0 bridgehead atoms. The molecule has 1 aromatic rings. The molecule has 0 aromatic carbocycles. The number of nitrogens with zero attached hydrogens (tertiary/aromatic N) is 1. The first-order valence-corrected chi connectivity index (χ1v) is 6.59. The Morgan fingerprint density at radius 2 is 2.00 bits per heavy atom. The van der Waals surface area contributed by atoms with Gasteiger partial charge in [0.15, 0.2) is 5.03 Å². The van der Waals surface area contributed by atoms with Gasteiger partial charge in [-0.25, -0.2) is 13.6 Å². The highest BCUT2D eigenvalue weighted by molar-refractivity contribution is 14.1. The normalized spacial score (nSPS) is 12.6. The average Bonchev–Trinajstić information content (AvgIpc) is 2.06. The van der Waals surface area contributed by atoms with E-state index in [1.807, 2.05) is 0 Å². The Kier molecular flexibility index (Phi) is 3.88. The molecule has 0 atom stereocenters. The largest absolute Gasteiger partial charge is 0.574 e. The van der Waals surface area contributed by atoms with Gasteiger partial charge in [0.25, 0.3) is 10.0 Å². The van der Waals surface area contributed by atoms with Gasteiger partial charge in [0.2, 0.25) is 5.88 Å². The van der Waals surface area contributed by atoms with Gasteiger partial charge >= 0.3 is 6.36 Å². The molecule has 10 heteroatoms. The van der Waals surface area contributed by atoms with Crippen molar-refractivity contribution in [2.24, 2.45) is 5.14 Å². The summed E-state index contributed by atoms with van der Waals surface area (Å²) in [7, 11) is -4.20. The number of sulfonamides is 1. The molecule has 0 fully saturated rings. The Hall–Kier alpha value is -0.620. The summed E-state index contributed by atoms with van der Waals surface area (Å²) in [4.78, 5) is 3.23. The number of nitrogens with two attached hydrogens (primary N) is 1. The van der Waals surface area contributed by atoms with Crippen molar-refractivity contribution in [2.75, 3.05) is 0 Å². The lowest BCUT2D eigenvalue weighted by atomic mass is 10.3. The first-order valence-electron chi connectivity index (χ1n) is 3.96. The van der Waals surface area contributed by atoms with Crippen LogP contribution in [0.25, 0.3) is 0 Å². The van der Waals surface area contributed by atoms with Gasteiger partial charge in [-0.3, -0.25) is 0 Å². The topological polar surface area (TPSA) is 82.3 Å². The first-order chi connectivity index (χ1) is 7.50. The van der Waals surface area contributed by atoms with Crippen molar-refractivity contribution in [3.05, 3.63) is 15.2 Å². The van der Waals surface area contributed by atoms with Gasteiger partial charge in [-0.05, 0) is 35.1 Å². The molecule has 0 spiro atoms. The van der Waals surface area contributed by atoms with Crippen LogP contribution in [-0.2, 0) is 10.0 Å². The monoisotopic (exact) mass is 382 g/mol. The molecule has 1 heterocycles. The fourth-order valence-electron chi connectivity index (χ4n) is 0.958. The zero-order valence-corrected chi connectivity index (χ0v) is 11.2. The molecule has 0 saturated heterocycles. The zero-order chi connectivity index (χ0) is 13.4. The predicted molar refractivity (Wildman–Crippen MR) is 59.7 cm³/mol. The third-order valence-electron chi connectivity index (χ3n) is 1.58. The smallest absolute Gasteiger partial charge is 0.388 e. The highest BCUT2D eigenvalue weighted by Crippen LogP contribution is 2.26. The van der Waals surface area contributed by atoms with Crippen molar-refractivity contribution in [3.63, 3.8) is 0 Å². The molecule has 1 rings (SSSR count). The maximum absolute atomic E-state index is 12.0. The van der Waals surface area contributed by atoms with Crippen LogP contribution in [0.4, 0.5) is 13.2 Å². The van der Waals surface area contributed by atoms with Gasteiger partial charge in [-0.15, -0.1) is 13.2 Å². The van der Waals surface area contributed by atoms with Crippen molar-refractivity contribution in [1.82, 2.24) is 4.98 Å². The molecule has 0 saturated carbocycles. The van der Waals surface area contributed by atoms with E-state index >= 15 is 0 Å². The van der Waals surface area contributed by atoms with E-state index in [4.69, 9.17) is 5.14 Å². The van der Waals surface area contributed by atoms with Crippen LogP contribution in [0.3, 0.4) is 0 Å². The fourth-order valence-corrected chi connectivity index (χ4v) is 2.78. The minimum absolute atomic E-state index is 0.152. The average molecular weight is 382 g/mol. The molecular formula is C7H6F3IN2O3S. The predicted octanol–water partition coefficient (Wildman–Crippen LogP) is 1.54. The Balaban J connectivity index is 3.35. The third kappa shape index (κ3) is 3.96. The van der Waals surface area contributed by atoms with Crippen LogP contribution in [0.5, 0.6) is 5.88 Å². The molecule has 0 unspecified atom stereocenters. The Morgan fingerprint density at radius 1 is 1.47 bits per heavy atom. The number of hydrogen-bond donors (Lipinski definition) is 1. The van der Waals surface area contributed by atoms with E-state index in [0.29, 0.717) is 0 Å². The highest BCUT2D eigenvalue weighted by atomic mass is 127. The number of hydrogen-bond acceptors (Lipinski definition) is 4. The molecular weight excluding hydrogens is 376 g/mol. The number of aryl methyl sites for hydroxylation is 1. The van der Waals surface area contributed by atoms with E-state index in [0.717, 1.165) is 6.07 Å². The summed E-state index contributed by atoms with van der Waals surface area (Å²) in [5.74, 6) is -0.862. The number of aromatic nitrogens is 1. The van der Waals surface area contributed by atoms with Crippen molar-refractivity contribution < 1.29 is 26.3 Å². The van der Waals surface area contributed by atoms with Gasteiger partial charge in [-0.2, -0.15) is 4.98 Å². The van der Waals surface area contributed by atoms with Crippen LogP contribution in [0.15, 0.2) is 11.1 Å².